The molecule has 0 aliphatic carbocycles. The second-order valence-corrected chi connectivity index (χ2v) is 5.71. The molecular weight excluding hydrogens is 306 g/mol. The summed E-state index contributed by atoms with van der Waals surface area (Å²) in [6.45, 7) is 1.61. The van der Waals surface area contributed by atoms with E-state index in [1.165, 1.54) is 0 Å². The van der Waals surface area contributed by atoms with Crippen molar-refractivity contribution >= 4 is 21.7 Å². The minimum atomic E-state index is 0.451. The minimum absolute atomic E-state index is 0.451. The van der Waals surface area contributed by atoms with Crippen LogP contribution in [-0.2, 0) is 4.74 Å². The van der Waals surface area contributed by atoms with E-state index in [2.05, 4.69) is 38.3 Å². The van der Waals surface area contributed by atoms with Gasteiger partial charge in [-0.1, -0.05) is 28.1 Å². The zero-order chi connectivity index (χ0) is 13.2. The van der Waals surface area contributed by atoms with E-state index in [-0.39, 0.29) is 0 Å². The number of H-pyrrole nitrogens is 1. The Kier molecular flexibility index (Phi) is 3.57. The van der Waals surface area contributed by atoms with Crippen molar-refractivity contribution in [2.75, 3.05) is 18.9 Å². The Bertz CT molecular complexity index is 576. The summed E-state index contributed by atoms with van der Waals surface area (Å²) in [5.74, 6) is 1.02. The molecule has 100 valence electrons. The zero-order valence-corrected chi connectivity index (χ0v) is 12.1. The molecule has 1 saturated heterocycles. The third kappa shape index (κ3) is 2.53. The highest BCUT2D eigenvalue weighted by molar-refractivity contribution is 9.10. The van der Waals surface area contributed by atoms with Gasteiger partial charge in [-0.2, -0.15) is 5.10 Å². The lowest BCUT2D eigenvalue weighted by Crippen LogP contribution is -2.15. The second-order valence-electron chi connectivity index (χ2n) is 4.79. The first kappa shape index (κ1) is 12.7. The Morgan fingerprint density at radius 2 is 2.11 bits per heavy atom. The first-order chi connectivity index (χ1) is 9.25. The SMILES string of the molecule is Nc1n[nH]c(C2CCOCC2)c1-c1cccc(Br)c1. The quantitative estimate of drug-likeness (QED) is 0.891. The van der Waals surface area contributed by atoms with Gasteiger partial charge in [-0.25, -0.2) is 0 Å². The largest absolute Gasteiger partial charge is 0.382 e. The van der Waals surface area contributed by atoms with Gasteiger partial charge < -0.3 is 10.5 Å². The Morgan fingerprint density at radius 1 is 1.32 bits per heavy atom. The lowest BCUT2D eigenvalue weighted by molar-refractivity contribution is 0.0846. The van der Waals surface area contributed by atoms with Crippen LogP contribution in [0.15, 0.2) is 28.7 Å². The van der Waals surface area contributed by atoms with Crippen molar-refractivity contribution in [2.24, 2.45) is 0 Å². The lowest BCUT2D eigenvalue weighted by atomic mass is 9.91. The van der Waals surface area contributed by atoms with Crippen LogP contribution in [0.5, 0.6) is 0 Å². The van der Waals surface area contributed by atoms with E-state index in [1.807, 2.05) is 12.1 Å². The predicted octanol–water partition coefficient (Wildman–Crippen LogP) is 3.32. The summed E-state index contributed by atoms with van der Waals surface area (Å²) in [6.07, 6.45) is 2.03. The first-order valence-corrected chi connectivity index (χ1v) is 7.22. The number of nitrogen functional groups attached to an aromatic ring is 1. The summed E-state index contributed by atoms with van der Waals surface area (Å²) in [5.41, 5.74) is 9.31. The first-order valence-electron chi connectivity index (χ1n) is 6.43. The van der Waals surface area contributed by atoms with Crippen molar-refractivity contribution < 1.29 is 4.74 Å². The van der Waals surface area contributed by atoms with Crippen molar-refractivity contribution in [2.45, 2.75) is 18.8 Å². The molecule has 0 atom stereocenters. The highest BCUT2D eigenvalue weighted by Gasteiger charge is 2.23. The highest BCUT2D eigenvalue weighted by atomic mass is 79.9. The molecule has 1 aromatic heterocycles. The monoisotopic (exact) mass is 321 g/mol. The molecule has 19 heavy (non-hydrogen) atoms. The summed E-state index contributed by atoms with van der Waals surface area (Å²) in [5, 5.41) is 7.31. The third-order valence-electron chi connectivity index (χ3n) is 3.57. The average molecular weight is 322 g/mol. The van der Waals surface area contributed by atoms with Crippen LogP contribution in [0.3, 0.4) is 0 Å². The van der Waals surface area contributed by atoms with Crippen molar-refractivity contribution in [1.82, 2.24) is 10.2 Å². The number of aromatic amines is 1. The van der Waals surface area contributed by atoms with Crippen LogP contribution in [0.25, 0.3) is 11.1 Å². The topological polar surface area (TPSA) is 63.9 Å². The normalized spacial score (nSPS) is 16.7. The van der Waals surface area contributed by atoms with E-state index in [9.17, 15) is 0 Å². The molecule has 2 heterocycles. The van der Waals surface area contributed by atoms with Crippen LogP contribution in [0, 0.1) is 0 Å². The van der Waals surface area contributed by atoms with Gasteiger partial charge in [0.05, 0.1) is 0 Å². The predicted molar refractivity (Wildman–Crippen MR) is 78.9 cm³/mol. The van der Waals surface area contributed by atoms with Gasteiger partial charge in [-0.15, -0.1) is 0 Å². The maximum Gasteiger partial charge on any atom is 0.153 e. The number of nitrogens with one attached hydrogen (secondary N) is 1. The molecule has 1 aromatic carbocycles. The Hall–Kier alpha value is -1.33. The number of aromatic nitrogens is 2. The van der Waals surface area contributed by atoms with Crippen LogP contribution in [-0.4, -0.2) is 23.4 Å². The second kappa shape index (κ2) is 5.35. The number of anilines is 1. The molecule has 4 nitrogen and oxygen atoms in total. The number of nitrogens with zero attached hydrogens (tertiary/aromatic N) is 1. The molecule has 1 aliphatic heterocycles. The number of rotatable bonds is 2. The Morgan fingerprint density at radius 3 is 2.84 bits per heavy atom. The number of benzene rings is 1. The summed E-state index contributed by atoms with van der Waals surface area (Å²) in [7, 11) is 0. The number of halogens is 1. The molecule has 3 rings (SSSR count). The summed E-state index contributed by atoms with van der Waals surface area (Å²) in [4.78, 5) is 0. The Balaban J connectivity index is 2.03. The van der Waals surface area contributed by atoms with Gasteiger partial charge in [0.1, 0.15) is 0 Å². The van der Waals surface area contributed by atoms with E-state index < -0.39 is 0 Å². The van der Waals surface area contributed by atoms with E-state index in [0.717, 1.165) is 47.3 Å². The van der Waals surface area contributed by atoms with Crippen LogP contribution in [0.4, 0.5) is 5.82 Å². The van der Waals surface area contributed by atoms with Crippen LogP contribution >= 0.6 is 15.9 Å². The van der Waals surface area contributed by atoms with Crippen molar-refractivity contribution in [3.05, 3.63) is 34.4 Å². The molecule has 0 unspecified atom stereocenters. The van der Waals surface area contributed by atoms with Gasteiger partial charge in [0.2, 0.25) is 0 Å². The van der Waals surface area contributed by atoms with Crippen molar-refractivity contribution in [3.63, 3.8) is 0 Å². The number of hydrogen-bond acceptors (Lipinski definition) is 3. The summed E-state index contributed by atoms with van der Waals surface area (Å²) >= 11 is 3.50. The van der Waals surface area contributed by atoms with Crippen LogP contribution in [0.1, 0.15) is 24.5 Å². The van der Waals surface area contributed by atoms with Crippen molar-refractivity contribution in [1.29, 1.82) is 0 Å². The number of ether oxygens (including phenoxy) is 1. The summed E-state index contributed by atoms with van der Waals surface area (Å²) < 4.78 is 6.46. The molecule has 2 aromatic rings. The molecule has 3 N–H and O–H groups in total. The lowest BCUT2D eigenvalue weighted by Gasteiger charge is -2.22. The van der Waals surface area contributed by atoms with E-state index in [1.54, 1.807) is 0 Å². The molecule has 0 radical (unpaired) electrons. The van der Waals surface area contributed by atoms with Crippen molar-refractivity contribution in [3.8, 4) is 11.1 Å². The molecular formula is C14H16BrN3O. The Labute approximate surface area is 120 Å². The fraction of sp³-hybridized carbons (Fsp3) is 0.357. The molecule has 1 aliphatic rings. The molecule has 0 amide bonds. The van der Waals surface area contributed by atoms with Gasteiger partial charge in [0.25, 0.3) is 0 Å². The average Bonchev–Trinajstić information content (AvgIpc) is 2.82. The summed E-state index contributed by atoms with van der Waals surface area (Å²) in [6, 6.07) is 8.16. The fourth-order valence-corrected chi connectivity index (χ4v) is 3.00. The molecule has 0 saturated carbocycles. The number of hydrogen-bond donors (Lipinski definition) is 2. The molecule has 1 fully saturated rings. The molecule has 5 heteroatoms. The third-order valence-corrected chi connectivity index (χ3v) is 4.06. The standard InChI is InChI=1S/C14H16BrN3O/c15-11-3-1-2-10(8-11)12-13(17-18-14(12)16)9-4-6-19-7-5-9/h1-3,8-9H,4-7H2,(H3,16,17,18). The van der Waals surface area contributed by atoms with E-state index in [0.29, 0.717) is 11.7 Å². The maximum atomic E-state index is 6.04. The minimum Gasteiger partial charge on any atom is -0.382 e. The van der Waals surface area contributed by atoms with E-state index in [4.69, 9.17) is 10.5 Å². The smallest absolute Gasteiger partial charge is 0.153 e. The van der Waals surface area contributed by atoms with Gasteiger partial charge >= 0.3 is 0 Å². The fourth-order valence-electron chi connectivity index (χ4n) is 2.60. The van der Waals surface area contributed by atoms with Gasteiger partial charge in [0.15, 0.2) is 5.82 Å². The molecule has 0 bridgehead atoms. The van der Waals surface area contributed by atoms with E-state index >= 15 is 0 Å². The van der Waals surface area contributed by atoms with Gasteiger partial charge in [0, 0.05) is 34.9 Å². The maximum absolute atomic E-state index is 6.04. The van der Waals surface area contributed by atoms with Gasteiger partial charge in [-0.05, 0) is 30.5 Å². The van der Waals surface area contributed by atoms with Crippen LogP contribution < -0.4 is 5.73 Å². The zero-order valence-electron chi connectivity index (χ0n) is 10.5. The number of nitrogens with two attached hydrogens (primary N) is 1. The highest BCUT2D eigenvalue weighted by Crippen LogP contribution is 2.37. The molecule has 0 spiro atoms. The van der Waals surface area contributed by atoms with Gasteiger partial charge in [-0.3, -0.25) is 5.10 Å². The van der Waals surface area contributed by atoms with Crippen LogP contribution in [0.2, 0.25) is 0 Å².